The number of nitrogens with zero attached hydrogens (tertiary/aromatic N) is 1. The van der Waals surface area contributed by atoms with E-state index in [1.54, 1.807) is 6.07 Å². The number of rotatable bonds is 2. The standard InChI is InChI=1S/C16H24F2N2/c1-11-9-20(15(8-19-11)16(2,3)4)10-12-5-6-13(17)7-14(12)18/h5-7,11,15,19H,8-10H2,1-4H3. The van der Waals surface area contributed by atoms with E-state index in [9.17, 15) is 8.78 Å². The summed E-state index contributed by atoms with van der Waals surface area (Å²) in [4.78, 5) is 2.30. The van der Waals surface area contributed by atoms with Gasteiger partial charge in [0, 0.05) is 43.3 Å². The molecule has 2 rings (SSSR count). The molecule has 0 spiro atoms. The number of piperazine rings is 1. The molecule has 4 heteroatoms. The minimum atomic E-state index is -0.521. The maximum Gasteiger partial charge on any atom is 0.130 e. The van der Waals surface area contributed by atoms with Crippen molar-refractivity contribution < 1.29 is 8.78 Å². The van der Waals surface area contributed by atoms with Crippen LogP contribution >= 0.6 is 0 Å². The summed E-state index contributed by atoms with van der Waals surface area (Å²) in [7, 11) is 0. The molecule has 0 aliphatic carbocycles. The molecule has 0 saturated carbocycles. The topological polar surface area (TPSA) is 15.3 Å². The molecule has 1 heterocycles. The number of halogens is 2. The maximum absolute atomic E-state index is 13.8. The Kier molecular flexibility index (Phi) is 4.45. The average Bonchev–Trinajstić information content (AvgIpc) is 2.31. The van der Waals surface area contributed by atoms with Crippen LogP contribution in [0.25, 0.3) is 0 Å². The lowest BCUT2D eigenvalue weighted by Crippen LogP contribution is -2.59. The highest BCUT2D eigenvalue weighted by molar-refractivity contribution is 5.19. The predicted octanol–water partition coefficient (Wildman–Crippen LogP) is 3.17. The number of hydrogen-bond acceptors (Lipinski definition) is 2. The van der Waals surface area contributed by atoms with Crippen LogP contribution in [0, 0.1) is 17.0 Å². The molecule has 2 unspecified atom stereocenters. The van der Waals surface area contributed by atoms with Gasteiger partial charge in [-0.1, -0.05) is 26.8 Å². The van der Waals surface area contributed by atoms with E-state index in [1.165, 1.54) is 6.07 Å². The number of nitrogens with one attached hydrogen (secondary N) is 1. The van der Waals surface area contributed by atoms with Gasteiger partial charge in [0.05, 0.1) is 0 Å². The lowest BCUT2D eigenvalue weighted by Gasteiger charge is -2.46. The van der Waals surface area contributed by atoms with Gasteiger partial charge in [0.1, 0.15) is 11.6 Å². The third kappa shape index (κ3) is 3.55. The summed E-state index contributed by atoms with van der Waals surface area (Å²) >= 11 is 0. The molecule has 0 bridgehead atoms. The van der Waals surface area contributed by atoms with Crippen LogP contribution in [0.15, 0.2) is 18.2 Å². The lowest BCUT2D eigenvalue weighted by molar-refractivity contribution is 0.0517. The molecule has 1 aliphatic heterocycles. The van der Waals surface area contributed by atoms with E-state index in [0.29, 0.717) is 24.2 Å². The van der Waals surface area contributed by atoms with Crippen LogP contribution in [-0.4, -0.2) is 30.1 Å². The van der Waals surface area contributed by atoms with E-state index in [0.717, 1.165) is 19.2 Å². The second-order valence-corrected chi connectivity index (χ2v) is 6.86. The molecule has 0 aromatic heterocycles. The van der Waals surface area contributed by atoms with Gasteiger partial charge >= 0.3 is 0 Å². The largest absolute Gasteiger partial charge is 0.311 e. The molecule has 0 amide bonds. The van der Waals surface area contributed by atoms with Gasteiger partial charge in [0.15, 0.2) is 0 Å². The molecule has 1 saturated heterocycles. The van der Waals surface area contributed by atoms with E-state index in [2.05, 4.69) is 37.9 Å². The van der Waals surface area contributed by atoms with Crippen molar-refractivity contribution in [3.63, 3.8) is 0 Å². The first-order valence-electron chi connectivity index (χ1n) is 7.18. The molecule has 1 fully saturated rings. The van der Waals surface area contributed by atoms with Crippen molar-refractivity contribution >= 4 is 0 Å². The van der Waals surface area contributed by atoms with Crippen molar-refractivity contribution in [2.75, 3.05) is 13.1 Å². The summed E-state index contributed by atoms with van der Waals surface area (Å²) in [5, 5.41) is 3.48. The van der Waals surface area contributed by atoms with Gasteiger partial charge in [-0.25, -0.2) is 8.78 Å². The maximum atomic E-state index is 13.8. The van der Waals surface area contributed by atoms with Crippen LogP contribution in [0.5, 0.6) is 0 Å². The summed E-state index contributed by atoms with van der Waals surface area (Å²) in [6, 6.07) is 4.57. The third-order valence-corrected chi connectivity index (χ3v) is 4.00. The number of hydrogen-bond donors (Lipinski definition) is 1. The highest BCUT2D eigenvalue weighted by Gasteiger charge is 2.34. The quantitative estimate of drug-likeness (QED) is 0.896. The van der Waals surface area contributed by atoms with Crippen LogP contribution in [0.3, 0.4) is 0 Å². The summed E-state index contributed by atoms with van der Waals surface area (Å²) in [5.74, 6) is -0.976. The van der Waals surface area contributed by atoms with Crippen LogP contribution in [-0.2, 0) is 6.54 Å². The van der Waals surface area contributed by atoms with Crippen molar-refractivity contribution in [2.24, 2.45) is 5.41 Å². The summed E-state index contributed by atoms with van der Waals surface area (Å²) < 4.78 is 26.8. The van der Waals surface area contributed by atoms with Crippen molar-refractivity contribution in [1.29, 1.82) is 0 Å². The van der Waals surface area contributed by atoms with Gasteiger partial charge in [-0.05, 0) is 18.4 Å². The van der Waals surface area contributed by atoms with E-state index in [4.69, 9.17) is 0 Å². The minimum Gasteiger partial charge on any atom is -0.311 e. The smallest absolute Gasteiger partial charge is 0.130 e. The molecule has 1 aromatic carbocycles. The summed E-state index contributed by atoms with van der Waals surface area (Å²) in [6.07, 6.45) is 0. The molecule has 112 valence electrons. The zero-order valence-corrected chi connectivity index (χ0v) is 12.7. The van der Waals surface area contributed by atoms with Crippen LogP contribution in [0.1, 0.15) is 33.3 Å². The SMILES string of the molecule is CC1CN(Cc2ccc(F)cc2F)C(C(C)(C)C)CN1. The first-order chi connectivity index (χ1) is 9.27. The van der Waals surface area contributed by atoms with Gasteiger partial charge in [0.2, 0.25) is 0 Å². The van der Waals surface area contributed by atoms with E-state index >= 15 is 0 Å². The Bertz CT molecular complexity index is 468. The molecule has 20 heavy (non-hydrogen) atoms. The van der Waals surface area contributed by atoms with E-state index in [1.807, 2.05) is 0 Å². The highest BCUT2D eigenvalue weighted by Crippen LogP contribution is 2.28. The summed E-state index contributed by atoms with van der Waals surface area (Å²) in [6.45, 7) is 11.0. The second kappa shape index (κ2) is 5.78. The second-order valence-electron chi connectivity index (χ2n) is 6.86. The van der Waals surface area contributed by atoms with Crippen molar-refractivity contribution in [3.05, 3.63) is 35.4 Å². The van der Waals surface area contributed by atoms with Gasteiger partial charge in [0.25, 0.3) is 0 Å². The minimum absolute atomic E-state index is 0.115. The van der Waals surface area contributed by atoms with E-state index < -0.39 is 11.6 Å². The Morgan fingerprint density at radius 3 is 2.60 bits per heavy atom. The van der Waals surface area contributed by atoms with Crippen molar-refractivity contribution in [1.82, 2.24) is 10.2 Å². The molecular weight excluding hydrogens is 258 g/mol. The molecule has 1 aliphatic rings. The fraction of sp³-hybridized carbons (Fsp3) is 0.625. The molecule has 2 nitrogen and oxygen atoms in total. The van der Waals surface area contributed by atoms with Crippen LogP contribution in [0.2, 0.25) is 0 Å². The Labute approximate surface area is 120 Å². The third-order valence-electron chi connectivity index (χ3n) is 4.00. The highest BCUT2D eigenvalue weighted by atomic mass is 19.1. The van der Waals surface area contributed by atoms with Gasteiger partial charge in [-0.3, -0.25) is 4.90 Å². The summed E-state index contributed by atoms with van der Waals surface area (Å²) in [5.41, 5.74) is 0.679. The molecule has 1 aromatic rings. The lowest BCUT2D eigenvalue weighted by atomic mass is 9.83. The first kappa shape index (κ1) is 15.4. The Hall–Kier alpha value is -1.00. The fourth-order valence-corrected chi connectivity index (χ4v) is 2.88. The van der Waals surface area contributed by atoms with Gasteiger partial charge in [-0.15, -0.1) is 0 Å². The Morgan fingerprint density at radius 1 is 1.30 bits per heavy atom. The molecular formula is C16H24F2N2. The molecule has 1 N–H and O–H groups in total. The van der Waals surface area contributed by atoms with Gasteiger partial charge < -0.3 is 5.32 Å². The van der Waals surface area contributed by atoms with Gasteiger partial charge in [-0.2, -0.15) is 0 Å². The fourth-order valence-electron chi connectivity index (χ4n) is 2.88. The van der Waals surface area contributed by atoms with Crippen molar-refractivity contribution in [3.8, 4) is 0 Å². The predicted molar refractivity (Wildman–Crippen MR) is 77.5 cm³/mol. The zero-order chi connectivity index (χ0) is 14.9. The monoisotopic (exact) mass is 282 g/mol. The zero-order valence-electron chi connectivity index (χ0n) is 12.7. The average molecular weight is 282 g/mol. The molecule has 0 radical (unpaired) electrons. The normalized spacial score (nSPS) is 24.9. The first-order valence-corrected chi connectivity index (χ1v) is 7.18. The Morgan fingerprint density at radius 2 is 2.00 bits per heavy atom. The Balaban J connectivity index is 2.19. The van der Waals surface area contributed by atoms with E-state index in [-0.39, 0.29) is 5.41 Å². The molecule has 2 atom stereocenters. The number of benzene rings is 1. The van der Waals surface area contributed by atoms with Crippen LogP contribution in [0.4, 0.5) is 8.78 Å². The van der Waals surface area contributed by atoms with Crippen LogP contribution < -0.4 is 5.32 Å². The van der Waals surface area contributed by atoms with Crippen molar-refractivity contribution in [2.45, 2.75) is 46.3 Å².